The third-order valence-electron chi connectivity index (χ3n) is 5.31. The molecular weight excluding hydrogens is 477 g/mol. The van der Waals surface area contributed by atoms with Crippen molar-refractivity contribution < 1.29 is 19.1 Å². The first kappa shape index (κ1) is 23.8. The topological polar surface area (TPSA) is 96.5 Å². The zero-order valence-corrected chi connectivity index (χ0v) is 19.5. The summed E-state index contributed by atoms with van der Waals surface area (Å²) in [6.07, 6.45) is 1.56. The Kier molecular flexibility index (Phi) is 7.47. The van der Waals surface area contributed by atoms with Gasteiger partial charge in [-0.15, -0.1) is 0 Å². The van der Waals surface area contributed by atoms with Crippen molar-refractivity contribution in [1.29, 1.82) is 0 Å². The van der Waals surface area contributed by atoms with E-state index in [2.05, 4.69) is 16.0 Å². The number of hydrogen-bond donors (Lipinski definition) is 3. The summed E-state index contributed by atoms with van der Waals surface area (Å²) in [5.41, 5.74) is 3.08. The highest BCUT2D eigenvalue weighted by molar-refractivity contribution is 6.36. The number of carbonyl (C=O) groups is 3. The van der Waals surface area contributed by atoms with Crippen LogP contribution in [0, 0.1) is 0 Å². The number of benzene rings is 3. The van der Waals surface area contributed by atoms with Gasteiger partial charge in [0, 0.05) is 10.7 Å². The summed E-state index contributed by atoms with van der Waals surface area (Å²) >= 11 is 11.9. The van der Waals surface area contributed by atoms with Crippen molar-refractivity contribution in [3.05, 3.63) is 82.3 Å². The molecule has 34 heavy (non-hydrogen) atoms. The number of halogens is 2. The molecule has 1 aliphatic rings. The SMILES string of the molecule is O=C(Nc1ccc(-c2ccc(C(=O)OC(=O)[C@H]3CCCN3)cc2)cc1)Nc1ccc(Cl)cc1Cl. The smallest absolute Gasteiger partial charge is 0.345 e. The van der Waals surface area contributed by atoms with Gasteiger partial charge in [0.25, 0.3) is 0 Å². The Morgan fingerprint density at radius 2 is 1.56 bits per heavy atom. The lowest BCUT2D eigenvalue weighted by atomic mass is 10.0. The normalized spacial score (nSPS) is 14.9. The summed E-state index contributed by atoms with van der Waals surface area (Å²) in [5.74, 6) is -1.21. The van der Waals surface area contributed by atoms with E-state index in [1.165, 1.54) is 0 Å². The van der Waals surface area contributed by atoms with Crippen LogP contribution < -0.4 is 16.0 Å². The molecule has 0 aromatic heterocycles. The second-order valence-corrected chi connectivity index (χ2v) is 8.56. The Balaban J connectivity index is 1.34. The molecular formula is C25H21Cl2N3O4. The fourth-order valence-electron chi connectivity index (χ4n) is 3.53. The van der Waals surface area contributed by atoms with Crippen LogP contribution in [0.5, 0.6) is 0 Å². The van der Waals surface area contributed by atoms with Gasteiger partial charge in [0.15, 0.2) is 0 Å². The minimum atomic E-state index is -0.670. The molecule has 3 aromatic carbocycles. The van der Waals surface area contributed by atoms with Crippen molar-refractivity contribution in [2.45, 2.75) is 18.9 Å². The van der Waals surface area contributed by atoms with Gasteiger partial charge in [0.1, 0.15) is 6.04 Å². The lowest BCUT2D eigenvalue weighted by Crippen LogP contribution is -2.33. The van der Waals surface area contributed by atoms with Crippen molar-refractivity contribution in [3.63, 3.8) is 0 Å². The molecule has 174 valence electrons. The summed E-state index contributed by atoms with van der Waals surface area (Å²) in [6.45, 7) is 0.748. The van der Waals surface area contributed by atoms with Gasteiger partial charge in [-0.2, -0.15) is 0 Å². The maximum absolute atomic E-state index is 12.3. The van der Waals surface area contributed by atoms with E-state index in [1.807, 2.05) is 12.1 Å². The number of amides is 2. The van der Waals surface area contributed by atoms with Crippen LogP contribution in [0.1, 0.15) is 23.2 Å². The molecule has 0 spiro atoms. The fraction of sp³-hybridized carbons (Fsp3) is 0.160. The van der Waals surface area contributed by atoms with Crippen LogP contribution in [0.2, 0.25) is 10.0 Å². The summed E-state index contributed by atoms with van der Waals surface area (Å²) < 4.78 is 4.97. The molecule has 9 heteroatoms. The predicted molar refractivity (Wildman–Crippen MR) is 132 cm³/mol. The molecule has 2 amide bonds. The molecule has 4 rings (SSSR count). The summed E-state index contributed by atoms with van der Waals surface area (Å²) in [7, 11) is 0. The van der Waals surface area contributed by atoms with Crippen LogP contribution >= 0.6 is 23.2 Å². The van der Waals surface area contributed by atoms with Crippen LogP contribution in [0.15, 0.2) is 66.7 Å². The van der Waals surface area contributed by atoms with Crippen LogP contribution in [0.3, 0.4) is 0 Å². The summed E-state index contributed by atoms with van der Waals surface area (Å²) in [4.78, 5) is 36.5. The molecule has 0 saturated carbocycles. The highest BCUT2D eigenvalue weighted by atomic mass is 35.5. The third-order valence-corrected chi connectivity index (χ3v) is 5.86. The monoisotopic (exact) mass is 497 g/mol. The van der Waals surface area contributed by atoms with Gasteiger partial charge in [-0.3, -0.25) is 0 Å². The van der Waals surface area contributed by atoms with Gasteiger partial charge in [0.05, 0.1) is 16.3 Å². The number of carbonyl (C=O) groups excluding carboxylic acids is 3. The highest BCUT2D eigenvalue weighted by Crippen LogP contribution is 2.26. The first-order chi connectivity index (χ1) is 16.4. The van der Waals surface area contributed by atoms with Gasteiger partial charge < -0.3 is 20.7 Å². The molecule has 0 unspecified atom stereocenters. The van der Waals surface area contributed by atoms with E-state index in [-0.39, 0.29) is 0 Å². The average molecular weight is 498 g/mol. The van der Waals surface area contributed by atoms with Crippen LogP contribution in [0.25, 0.3) is 11.1 Å². The molecule has 3 aromatic rings. The molecule has 1 fully saturated rings. The average Bonchev–Trinajstić information content (AvgIpc) is 3.37. The zero-order valence-electron chi connectivity index (χ0n) is 17.9. The number of nitrogens with one attached hydrogen (secondary N) is 3. The van der Waals surface area contributed by atoms with Gasteiger partial charge in [-0.05, 0) is 73.0 Å². The second-order valence-electron chi connectivity index (χ2n) is 7.72. The van der Waals surface area contributed by atoms with E-state index in [0.29, 0.717) is 33.4 Å². The maximum atomic E-state index is 12.3. The minimum absolute atomic E-state index is 0.297. The number of esters is 2. The molecule has 3 N–H and O–H groups in total. The summed E-state index contributed by atoms with van der Waals surface area (Å²) in [6, 6.07) is 17.9. The van der Waals surface area contributed by atoms with Gasteiger partial charge in [0.2, 0.25) is 0 Å². The highest BCUT2D eigenvalue weighted by Gasteiger charge is 2.26. The molecule has 0 aliphatic carbocycles. The quantitative estimate of drug-likeness (QED) is 0.308. The molecule has 0 bridgehead atoms. The number of urea groups is 1. The first-order valence-electron chi connectivity index (χ1n) is 10.6. The largest absolute Gasteiger partial charge is 0.388 e. The molecule has 1 saturated heterocycles. The van der Waals surface area contributed by atoms with E-state index in [1.54, 1.807) is 54.6 Å². The Morgan fingerprint density at radius 1 is 0.882 bits per heavy atom. The van der Waals surface area contributed by atoms with Gasteiger partial charge in [-0.1, -0.05) is 47.5 Å². The van der Waals surface area contributed by atoms with E-state index in [0.717, 1.165) is 24.1 Å². The van der Waals surface area contributed by atoms with E-state index >= 15 is 0 Å². The molecule has 1 aliphatic heterocycles. The Morgan fingerprint density at radius 3 is 2.18 bits per heavy atom. The van der Waals surface area contributed by atoms with E-state index < -0.39 is 24.0 Å². The first-order valence-corrected chi connectivity index (χ1v) is 11.4. The van der Waals surface area contributed by atoms with Crippen LogP contribution in [0.4, 0.5) is 16.2 Å². The molecule has 1 atom stereocenters. The molecule has 0 radical (unpaired) electrons. The lowest BCUT2D eigenvalue weighted by Gasteiger charge is -2.10. The number of ether oxygens (including phenoxy) is 1. The van der Waals surface area contributed by atoms with E-state index in [4.69, 9.17) is 27.9 Å². The van der Waals surface area contributed by atoms with Crippen LogP contribution in [-0.2, 0) is 9.53 Å². The van der Waals surface area contributed by atoms with Crippen molar-refractivity contribution >= 4 is 52.5 Å². The van der Waals surface area contributed by atoms with Crippen molar-refractivity contribution in [3.8, 4) is 11.1 Å². The number of anilines is 2. The number of rotatable bonds is 5. The zero-order chi connectivity index (χ0) is 24.1. The standard InChI is InChI=1S/C25H21Cl2N3O4/c26-18-9-12-21(20(27)14-18)30-25(33)29-19-10-7-16(8-11-19)15-3-5-17(6-4-15)23(31)34-24(32)22-2-1-13-28-22/h3-12,14,22,28H,1-2,13H2,(H2,29,30,33)/t22-/m1/s1. The maximum Gasteiger partial charge on any atom is 0.345 e. The predicted octanol–water partition coefficient (Wildman–Crippen LogP) is 5.74. The number of hydrogen-bond acceptors (Lipinski definition) is 5. The van der Waals surface area contributed by atoms with Crippen molar-refractivity contribution in [2.75, 3.05) is 17.2 Å². The lowest BCUT2D eigenvalue weighted by molar-refractivity contribution is -0.139. The second kappa shape index (κ2) is 10.7. The van der Waals surface area contributed by atoms with E-state index in [9.17, 15) is 14.4 Å². The van der Waals surface area contributed by atoms with Crippen molar-refractivity contribution in [1.82, 2.24) is 5.32 Å². The molecule has 7 nitrogen and oxygen atoms in total. The van der Waals surface area contributed by atoms with Crippen molar-refractivity contribution in [2.24, 2.45) is 0 Å². The Hall–Kier alpha value is -3.39. The van der Waals surface area contributed by atoms with Gasteiger partial charge in [-0.25, -0.2) is 14.4 Å². The van der Waals surface area contributed by atoms with Gasteiger partial charge >= 0.3 is 18.0 Å². The third kappa shape index (κ3) is 5.94. The summed E-state index contributed by atoms with van der Waals surface area (Å²) in [5, 5.41) is 9.23. The van der Waals surface area contributed by atoms with Crippen LogP contribution in [-0.4, -0.2) is 30.6 Å². The Bertz CT molecular complexity index is 1210. The Labute approximate surface area is 206 Å². The molecule has 1 heterocycles. The fourth-order valence-corrected chi connectivity index (χ4v) is 3.98. The minimum Gasteiger partial charge on any atom is -0.388 e.